The molecule has 10 heteroatoms. The average molecular weight is 434 g/mol. The van der Waals surface area contributed by atoms with Crippen molar-refractivity contribution >= 4 is 34.6 Å². The highest BCUT2D eigenvalue weighted by molar-refractivity contribution is 6.09. The van der Waals surface area contributed by atoms with E-state index >= 15 is 0 Å². The molecule has 0 aliphatic heterocycles. The van der Waals surface area contributed by atoms with Gasteiger partial charge in [0.1, 0.15) is 11.1 Å². The number of benzene rings is 3. The fourth-order valence-corrected chi connectivity index (χ4v) is 3.11. The number of nitro groups is 2. The molecule has 2 amide bonds. The van der Waals surface area contributed by atoms with E-state index in [1.807, 2.05) is 0 Å². The second-order valence-corrected chi connectivity index (χ2v) is 6.94. The van der Waals surface area contributed by atoms with Gasteiger partial charge in [-0.1, -0.05) is 24.3 Å². The van der Waals surface area contributed by atoms with Crippen LogP contribution in [0.5, 0.6) is 0 Å². The molecule has 162 valence electrons. The van der Waals surface area contributed by atoms with Gasteiger partial charge in [-0.3, -0.25) is 29.8 Å². The third-order valence-corrected chi connectivity index (χ3v) is 4.76. The number of rotatable bonds is 6. The molecule has 0 aliphatic rings. The fourth-order valence-electron chi connectivity index (χ4n) is 3.11. The maximum absolute atomic E-state index is 12.6. The summed E-state index contributed by atoms with van der Waals surface area (Å²) in [5.74, 6) is -1.28. The van der Waals surface area contributed by atoms with Crippen LogP contribution >= 0.6 is 0 Å². The Morgan fingerprint density at radius 3 is 1.38 bits per heavy atom. The molecule has 0 bridgehead atoms. The Labute approximate surface area is 182 Å². The first kappa shape index (κ1) is 22.1. The molecule has 0 heterocycles. The summed E-state index contributed by atoms with van der Waals surface area (Å²) in [5, 5.41) is 27.7. The molecule has 10 nitrogen and oxygen atoms in total. The lowest BCUT2D eigenvalue weighted by Gasteiger charge is -2.14. The summed E-state index contributed by atoms with van der Waals surface area (Å²) in [4.78, 5) is 46.3. The zero-order valence-electron chi connectivity index (χ0n) is 17.1. The van der Waals surface area contributed by atoms with E-state index in [4.69, 9.17) is 0 Å². The minimum absolute atomic E-state index is 0.0803. The largest absolute Gasteiger partial charge is 0.322 e. The van der Waals surface area contributed by atoms with Crippen LogP contribution in [0.1, 0.15) is 31.8 Å². The summed E-state index contributed by atoms with van der Waals surface area (Å²) in [6.07, 6.45) is 0. The molecule has 0 aliphatic carbocycles. The molecule has 0 saturated carbocycles. The van der Waals surface area contributed by atoms with Crippen LogP contribution in [-0.2, 0) is 0 Å². The summed E-state index contributed by atoms with van der Waals surface area (Å²) in [6.45, 7) is 3.38. The zero-order chi connectivity index (χ0) is 23.4. The Bertz CT molecular complexity index is 1160. The molecule has 0 fully saturated rings. The van der Waals surface area contributed by atoms with Gasteiger partial charge in [0.25, 0.3) is 23.2 Å². The van der Waals surface area contributed by atoms with Crippen molar-refractivity contribution in [3.8, 4) is 0 Å². The molecule has 32 heavy (non-hydrogen) atoms. The van der Waals surface area contributed by atoms with Crippen LogP contribution in [0, 0.1) is 34.1 Å². The second-order valence-electron chi connectivity index (χ2n) is 6.94. The van der Waals surface area contributed by atoms with Crippen LogP contribution in [0.15, 0.2) is 60.7 Å². The van der Waals surface area contributed by atoms with E-state index in [9.17, 15) is 29.8 Å². The maximum Gasteiger partial charge on any atom is 0.282 e. The molecule has 2 N–H and O–H groups in total. The van der Waals surface area contributed by atoms with E-state index in [1.165, 1.54) is 48.5 Å². The predicted molar refractivity (Wildman–Crippen MR) is 118 cm³/mol. The van der Waals surface area contributed by atoms with Gasteiger partial charge in [-0.2, -0.15) is 0 Å². The van der Waals surface area contributed by atoms with Crippen molar-refractivity contribution in [2.75, 3.05) is 10.6 Å². The van der Waals surface area contributed by atoms with Crippen molar-refractivity contribution in [3.63, 3.8) is 0 Å². The lowest BCUT2D eigenvalue weighted by molar-refractivity contribution is -0.385. The summed E-state index contributed by atoms with van der Waals surface area (Å²) < 4.78 is 0. The molecule has 0 radical (unpaired) electrons. The lowest BCUT2D eigenvalue weighted by Crippen LogP contribution is -2.17. The number of anilines is 2. The van der Waals surface area contributed by atoms with Gasteiger partial charge in [0.2, 0.25) is 0 Å². The second kappa shape index (κ2) is 9.04. The summed E-state index contributed by atoms with van der Waals surface area (Å²) >= 11 is 0. The number of hydrogen-bond acceptors (Lipinski definition) is 6. The van der Waals surface area contributed by atoms with Crippen LogP contribution in [0.25, 0.3) is 0 Å². The van der Waals surface area contributed by atoms with Gasteiger partial charge in [-0.15, -0.1) is 0 Å². The first-order valence-electron chi connectivity index (χ1n) is 9.40. The molecular weight excluding hydrogens is 416 g/mol. The minimum Gasteiger partial charge on any atom is -0.322 e. The quantitative estimate of drug-likeness (QED) is 0.428. The Hall–Kier alpha value is -4.60. The molecule has 0 unspecified atom stereocenters. The first-order valence-corrected chi connectivity index (χ1v) is 9.40. The standard InChI is InChI=1S/C22H18N4O6/c1-13-11-18(24-22(28)16-8-4-6-10-20(16)26(31)32)14(2)12-17(13)23-21(27)15-7-3-5-9-19(15)25(29)30/h3-12H,1-2H3,(H,23,27)(H,24,28). The minimum atomic E-state index is -0.642. The third kappa shape index (κ3) is 4.59. The Balaban J connectivity index is 1.85. The molecule has 3 rings (SSSR count). The molecule has 0 atom stereocenters. The van der Waals surface area contributed by atoms with Crippen molar-refractivity contribution in [1.29, 1.82) is 0 Å². The molecule has 3 aromatic rings. The molecule has 0 spiro atoms. The van der Waals surface area contributed by atoms with Gasteiger partial charge >= 0.3 is 0 Å². The average Bonchev–Trinajstić information content (AvgIpc) is 2.76. The number of para-hydroxylation sites is 2. The van der Waals surface area contributed by atoms with Gasteiger partial charge in [0.15, 0.2) is 0 Å². The van der Waals surface area contributed by atoms with E-state index in [0.717, 1.165) is 0 Å². The van der Waals surface area contributed by atoms with Gasteiger partial charge in [0.05, 0.1) is 9.85 Å². The summed E-state index contributed by atoms with van der Waals surface area (Å²) in [6, 6.07) is 14.4. The van der Waals surface area contributed by atoms with Crippen LogP contribution in [0.4, 0.5) is 22.7 Å². The highest BCUT2D eigenvalue weighted by Gasteiger charge is 2.22. The zero-order valence-corrected chi connectivity index (χ0v) is 17.1. The van der Waals surface area contributed by atoms with Crippen molar-refractivity contribution in [3.05, 3.63) is 103 Å². The number of carbonyl (C=O) groups is 2. The van der Waals surface area contributed by atoms with Crippen molar-refractivity contribution in [2.45, 2.75) is 13.8 Å². The number of nitrogens with one attached hydrogen (secondary N) is 2. The van der Waals surface area contributed by atoms with Gasteiger partial charge < -0.3 is 10.6 Å². The van der Waals surface area contributed by atoms with Crippen LogP contribution in [-0.4, -0.2) is 21.7 Å². The number of hydrogen-bond donors (Lipinski definition) is 2. The Kier molecular flexibility index (Phi) is 6.24. The SMILES string of the molecule is Cc1cc(NC(=O)c2ccccc2[N+](=O)[O-])c(C)cc1NC(=O)c1ccccc1[N+](=O)[O-]. The number of amides is 2. The van der Waals surface area contributed by atoms with Crippen LogP contribution < -0.4 is 10.6 Å². The van der Waals surface area contributed by atoms with E-state index in [1.54, 1.807) is 26.0 Å². The monoisotopic (exact) mass is 434 g/mol. The van der Waals surface area contributed by atoms with Crippen molar-refractivity contribution in [2.24, 2.45) is 0 Å². The number of aryl methyl sites for hydroxylation is 2. The van der Waals surface area contributed by atoms with E-state index in [0.29, 0.717) is 22.5 Å². The smallest absolute Gasteiger partial charge is 0.282 e. The predicted octanol–water partition coefficient (Wildman–Crippen LogP) is 4.62. The number of carbonyl (C=O) groups excluding carboxylic acids is 2. The van der Waals surface area contributed by atoms with Gasteiger partial charge in [-0.25, -0.2) is 0 Å². The topological polar surface area (TPSA) is 144 Å². The molecule has 0 aromatic heterocycles. The Morgan fingerprint density at radius 2 is 1.03 bits per heavy atom. The highest BCUT2D eigenvalue weighted by Crippen LogP contribution is 2.27. The van der Waals surface area contributed by atoms with Gasteiger partial charge in [0, 0.05) is 23.5 Å². The lowest BCUT2D eigenvalue weighted by atomic mass is 10.1. The summed E-state index contributed by atoms with van der Waals surface area (Å²) in [5.41, 5.74) is 1.21. The normalized spacial score (nSPS) is 10.3. The molecule has 3 aromatic carbocycles. The van der Waals surface area contributed by atoms with Crippen LogP contribution in [0.2, 0.25) is 0 Å². The number of nitro benzene ring substituents is 2. The van der Waals surface area contributed by atoms with E-state index in [2.05, 4.69) is 10.6 Å². The summed E-state index contributed by atoms with van der Waals surface area (Å²) in [7, 11) is 0. The molecule has 0 saturated heterocycles. The molecular formula is C22H18N4O6. The highest BCUT2D eigenvalue weighted by atomic mass is 16.6. The van der Waals surface area contributed by atoms with Crippen molar-refractivity contribution in [1.82, 2.24) is 0 Å². The van der Waals surface area contributed by atoms with E-state index in [-0.39, 0.29) is 22.5 Å². The van der Waals surface area contributed by atoms with Crippen molar-refractivity contribution < 1.29 is 19.4 Å². The van der Waals surface area contributed by atoms with Gasteiger partial charge in [-0.05, 0) is 49.2 Å². The van der Waals surface area contributed by atoms with E-state index < -0.39 is 21.7 Å². The third-order valence-electron chi connectivity index (χ3n) is 4.76. The first-order chi connectivity index (χ1) is 15.2. The Morgan fingerprint density at radius 1 is 0.688 bits per heavy atom. The number of nitrogens with zero attached hydrogens (tertiary/aromatic N) is 2. The van der Waals surface area contributed by atoms with Crippen LogP contribution in [0.3, 0.4) is 0 Å². The maximum atomic E-state index is 12.6. The fraction of sp³-hybridized carbons (Fsp3) is 0.0909.